The number of carbonyl (C=O) groups excluding carboxylic acids is 1. The lowest BCUT2D eigenvalue weighted by molar-refractivity contribution is 0.0690. The second kappa shape index (κ2) is 6.23. The summed E-state index contributed by atoms with van der Waals surface area (Å²) < 4.78 is 5.11. The molecule has 0 unspecified atom stereocenters. The van der Waals surface area contributed by atoms with Gasteiger partial charge < -0.3 is 15.2 Å². The molecule has 0 radical (unpaired) electrons. The first-order valence-corrected chi connectivity index (χ1v) is 6.24. The molecule has 2 rings (SSSR count). The smallest absolute Gasteiger partial charge is 0.354 e. The average Bonchev–Trinajstić information content (AvgIpc) is 2.47. The van der Waals surface area contributed by atoms with Crippen molar-refractivity contribution in [1.29, 1.82) is 0 Å². The summed E-state index contributed by atoms with van der Waals surface area (Å²) >= 11 is 5.87. The van der Waals surface area contributed by atoms with Gasteiger partial charge in [0.15, 0.2) is 0 Å². The number of anilines is 1. The molecule has 6 nitrogen and oxygen atoms in total. The maximum absolute atomic E-state index is 12.1. The molecule has 0 atom stereocenters. The van der Waals surface area contributed by atoms with E-state index in [1.54, 1.807) is 12.1 Å². The maximum Gasteiger partial charge on any atom is 0.354 e. The van der Waals surface area contributed by atoms with Crippen LogP contribution >= 0.6 is 11.6 Å². The summed E-state index contributed by atoms with van der Waals surface area (Å²) in [6.07, 6.45) is 0. The molecule has 7 heteroatoms. The van der Waals surface area contributed by atoms with E-state index in [1.807, 2.05) is 0 Å². The number of carboxylic acids is 1. The van der Waals surface area contributed by atoms with Gasteiger partial charge >= 0.3 is 5.97 Å². The van der Waals surface area contributed by atoms with E-state index in [9.17, 15) is 9.59 Å². The van der Waals surface area contributed by atoms with Crippen molar-refractivity contribution in [2.45, 2.75) is 0 Å². The Morgan fingerprint density at radius 3 is 2.62 bits per heavy atom. The van der Waals surface area contributed by atoms with Gasteiger partial charge in [0.25, 0.3) is 5.91 Å². The lowest BCUT2D eigenvalue weighted by Crippen LogP contribution is -2.16. The van der Waals surface area contributed by atoms with Gasteiger partial charge in [-0.3, -0.25) is 4.79 Å². The Kier molecular flexibility index (Phi) is 4.39. The molecule has 0 saturated heterocycles. The number of ether oxygens (including phenoxy) is 1. The zero-order valence-corrected chi connectivity index (χ0v) is 11.7. The van der Waals surface area contributed by atoms with Gasteiger partial charge in [-0.1, -0.05) is 17.7 Å². The van der Waals surface area contributed by atoms with Crippen LogP contribution in [-0.4, -0.2) is 29.1 Å². The number of aromatic nitrogens is 1. The van der Waals surface area contributed by atoms with E-state index in [2.05, 4.69) is 10.3 Å². The second-order valence-corrected chi connectivity index (χ2v) is 4.45. The van der Waals surface area contributed by atoms with Crippen molar-refractivity contribution in [3.05, 3.63) is 52.8 Å². The summed E-state index contributed by atoms with van der Waals surface area (Å²) in [7, 11) is 1.46. The first-order valence-electron chi connectivity index (χ1n) is 5.86. The minimum absolute atomic E-state index is 0.0167. The van der Waals surface area contributed by atoms with E-state index in [4.69, 9.17) is 21.4 Å². The molecule has 0 saturated carbocycles. The van der Waals surface area contributed by atoms with Crippen LogP contribution < -0.4 is 10.1 Å². The predicted molar refractivity (Wildman–Crippen MR) is 77.2 cm³/mol. The molecule has 2 aromatic rings. The molecule has 1 aromatic carbocycles. The van der Waals surface area contributed by atoms with Gasteiger partial charge in [-0.25, -0.2) is 9.78 Å². The molecule has 0 aliphatic rings. The van der Waals surface area contributed by atoms with Crippen LogP contribution in [0.2, 0.25) is 5.02 Å². The Morgan fingerprint density at radius 2 is 1.95 bits per heavy atom. The van der Waals surface area contributed by atoms with E-state index < -0.39 is 11.9 Å². The van der Waals surface area contributed by atoms with Gasteiger partial charge in [0.2, 0.25) is 0 Å². The Bertz CT molecular complexity index is 703. The van der Waals surface area contributed by atoms with Crippen molar-refractivity contribution < 1.29 is 19.4 Å². The highest BCUT2D eigenvalue weighted by Crippen LogP contribution is 2.27. The van der Waals surface area contributed by atoms with Crippen LogP contribution in [0.15, 0.2) is 36.4 Å². The fourth-order valence-electron chi connectivity index (χ4n) is 1.64. The summed E-state index contributed by atoms with van der Waals surface area (Å²) in [5.74, 6) is -1.33. The van der Waals surface area contributed by atoms with Crippen molar-refractivity contribution in [1.82, 2.24) is 4.98 Å². The minimum Gasteiger partial charge on any atom is -0.495 e. The van der Waals surface area contributed by atoms with E-state index in [1.165, 1.54) is 31.4 Å². The molecule has 1 heterocycles. The lowest BCUT2D eigenvalue weighted by Gasteiger charge is -2.10. The number of halogens is 1. The monoisotopic (exact) mass is 306 g/mol. The number of hydrogen-bond donors (Lipinski definition) is 2. The van der Waals surface area contributed by atoms with Crippen LogP contribution in [0.3, 0.4) is 0 Å². The number of nitrogens with one attached hydrogen (secondary N) is 1. The highest BCUT2D eigenvalue weighted by Gasteiger charge is 2.13. The Labute approximate surface area is 125 Å². The first kappa shape index (κ1) is 14.8. The Hall–Kier alpha value is -2.60. The number of pyridine rings is 1. The van der Waals surface area contributed by atoms with Gasteiger partial charge in [0.05, 0.1) is 12.8 Å². The third-order valence-corrected chi connectivity index (χ3v) is 2.85. The number of nitrogens with zero attached hydrogens (tertiary/aromatic N) is 1. The van der Waals surface area contributed by atoms with Gasteiger partial charge in [0, 0.05) is 5.02 Å². The van der Waals surface area contributed by atoms with Gasteiger partial charge in [-0.15, -0.1) is 0 Å². The average molecular weight is 307 g/mol. The van der Waals surface area contributed by atoms with Crippen molar-refractivity contribution in [3.8, 4) is 5.75 Å². The minimum atomic E-state index is -1.20. The van der Waals surface area contributed by atoms with Crippen molar-refractivity contribution in [3.63, 3.8) is 0 Å². The maximum atomic E-state index is 12.1. The quantitative estimate of drug-likeness (QED) is 0.906. The summed E-state index contributed by atoms with van der Waals surface area (Å²) in [5.41, 5.74) is 0.148. The molecular weight excluding hydrogens is 296 g/mol. The SMILES string of the molecule is COc1ccc(Cl)cc1NC(=O)c1cccc(C(=O)O)n1. The standard InChI is InChI=1S/C14H11ClN2O4/c1-21-12-6-5-8(15)7-11(12)17-13(18)9-3-2-4-10(16-9)14(19)20/h2-7H,1H3,(H,17,18)(H,19,20). The molecule has 0 spiro atoms. The van der Waals surface area contributed by atoms with Gasteiger partial charge in [-0.2, -0.15) is 0 Å². The summed E-state index contributed by atoms with van der Waals surface area (Å²) in [4.78, 5) is 26.7. The summed E-state index contributed by atoms with van der Waals surface area (Å²) in [6.45, 7) is 0. The summed E-state index contributed by atoms with van der Waals surface area (Å²) in [5, 5.41) is 11.9. The van der Waals surface area contributed by atoms with Crippen LogP contribution in [0, 0.1) is 0 Å². The molecule has 1 amide bonds. The molecular formula is C14H11ClN2O4. The third kappa shape index (κ3) is 3.49. The van der Waals surface area contributed by atoms with E-state index >= 15 is 0 Å². The van der Waals surface area contributed by atoms with Gasteiger partial charge in [0.1, 0.15) is 17.1 Å². The lowest BCUT2D eigenvalue weighted by atomic mass is 10.2. The van der Waals surface area contributed by atoms with Crippen LogP contribution in [0.25, 0.3) is 0 Å². The third-order valence-electron chi connectivity index (χ3n) is 2.61. The number of carbonyl (C=O) groups is 2. The predicted octanol–water partition coefficient (Wildman–Crippen LogP) is 2.69. The van der Waals surface area contributed by atoms with Crippen molar-refractivity contribution in [2.75, 3.05) is 12.4 Å². The van der Waals surface area contributed by atoms with Crippen LogP contribution in [0.5, 0.6) is 5.75 Å². The van der Waals surface area contributed by atoms with E-state index in [-0.39, 0.29) is 11.4 Å². The highest BCUT2D eigenvalue weighted by atomic mass is 35.5. The molecule has 0 aliphatic heterocycles. The fourth-order valence-corrected chi connectivity index (χ4v) is 1.82. The number of amides is 1. The normalized spacial score (nSPS) is 10.0. The molecule has 0 bridgehead atoms. The number of rotatable bonds is 4. The van der Waals surface area contributed by atoms with Crippen LogP contribution in [-0.2, 0) is 0 Å². The highest BCUT2D eigenvalue weighted by molar-refractivity contribution is 6.31. The number of carboxylic acid groups (broad SMARTS) is 1. The summed E-state index contributed by atoms with van der Waals surface area (Å²) in [6, 6.07) is 8.93. The first-order chi connectivity index (χ1) is 10.0. The molecule has 0 fully saturated rings. The molecule has 1 aromatic heterocycles. The van der Waals surface area contributed by atoms with Crippen LogP contribution in [0.4, 0.5) is 5.69 Å². The van der Waals surface area contributed by atoms with Gasteiger partial charge in [-0.05, 0) is 30.3 Å². The molecule has 108 valence electrons. The number of methoxy groups -OCH3 is 1. The topological polar surface area (TPSA) is 88.5 Å². The zero-order valence-electron chi connectivity index (χ0n) is 11.0. The largest absolute Gasteiger partial charge is 0.495 e. The van der Waals surface area contributed by atoms with Crippen LogP contribution in [0.1, 0.15) is 21.0 Å². The number of hydrogen-bond acceptors (Lipinski definition) is 4. The molecule has 21 heavy (non-hydrogen) atoms. The molecule has 2 N–H and O–H groups in total. The Balaban J connectivity index is 2.28. The van der Waals surface area contributed by atoms with E-state index in [0.29, 0.717) is 16.5 Å². The zero-order chi connectivity index (χ0) is 15.4. The number of benzene rings is 1. The number of aromatic carboxylic acids is 1. The second-order valence-electron chi connectivity index (χ2n) is 4.01. The van der Waals surface area contributed by atoms with E-state index in [0.717, 1.165) is 0 Å². The van der Waals surface area contributed by atoms with Crippen molar-refractivity contribution in [2.24, 2.45) is 0 Å². The fraction of sp³-hybridized carbons (Fsp3) is 0.0714. The molecule has 0 aliphatic carbocycles. The Morgan fingerprint density at radius 1 is 1.24 bits per heavy atom. The van der Waals surface area contributed by atoms with Crippen molar-refractivity contribution >= 4 is 29.2 Å².